The van der Waals surface area contributed by atoms with E-state index >= 15 is 0 Å². The van der Waals surface area contributed by atoms with Crippen molar-refractivity contribution >= 4 is 34.7 Å². The zero-order chi connectivity index (χ0) is 13.5. The van der Waals surface area contributed by atoms with E-state index in [1.54, 1.807) is 11.8 Å². The van der Waals surface area contributed by atoms with E-state index in [2.05, 4.69) is 31.3 Å². The van der Waals surface area contributed by atoms with Gasteiger partial charge in [0.1, 0.15) is 4.99 Å². The highest BCUT2D eigenvalue weighted by molar-refractivity contribution is 7.98. The van der Waals surface area contributed by atoms with E-state index in [0.29, 0.717) is 10.9 Å². The van der Waals surface area contributed by atoms with Crippen molar-refractivity contribution in [2.24, 2.45) is 11.7 Å². The van der Waals surface area contributed by atoms with E-state index in [-0.39, 0.29) is 0 Å². The van der Waals surface area contributed by atoms with Crippen LogP contribution in [0.4, 0.5) is 5.69 Å². The van der Waals surface area contributed by atoms with Gasteiger partial charge in [-0.15, -0.1) is 11.8 Å². The Morgan fingerprint density at radius 2 is 2.06 bits per heavy atom. The summed E-state index contributed by atoms with van der Waals surface area (Å²) in [5.74, 6) is 0.696. The highest BCUT2D eigenvalue weighted by Crippen LogP contribution is 2.27. The summed E-state index contributed by atoms with van der Waals surface area (Å²) < 4.78 is 0. The number of thioether (sulfide) groups is 1. The molecule has 0 aliphatic carbocycles. The molecule has 0 spiro atoms. The number of nitrogens with one attached hydrogen (secondary N) is 1. The third-order valence-electron chi connectivity index (χ3n) is 3.23. The molecule has 0 aliphatic rings. The molecule has 100 valence electrons. The lowest BCUT2D eigenvalue weighted by atomic mass is 10.0. The molecule has 4 heteroatoms. The Kier molecular flexibility index (Phi) is 6.50. The van der Waals surface area contributed by atoms with Gasteiger partial charge in [-0.2, -0.15) is 0 Å². The van der Waals surface area contributed by atoms with Gasteiger partial charge in [-0.05, 0) is 24.3 Å². The van der Waals surface area contributed by atoms with Crippen molar-refractivity contribution in [2.75, 3.05) is 18.1 Å². The molecule has 1 aromatic carbocycles. The van der Waals surface area contributed by atoms with E-state index in [1.165, 1.54) is 12.8 Å². The topological polar surface area (TPSA) is 38.0 Å². The lowest BCUT2D eigenvalue weighted by Crippen LogP contribution is -2.18. The standard InChI is InChI=1S/C14H22N2S2/c1-4-10(5-2)9-16-11-7-6-8-12(18-3)13(11)14(15)17/h6-8,10,16H,4-5,9H2,1-3H3,(H2,15,17). The van der Waals surface area contributed by atoms with Crippen LogP contribution in [0.25, 0.3) is 0 Å². The largest absolute Gasteiger partial charge is 0.389 e. The van der Waals surface area contributed by atoms with Gasteiger partial charge in [0, 0.05) is 22.7 Å². The Hall–Kier alpha value is -0.740. The Balaban J connectivity index is 2.91. The van der Waals surface area contributed by atoms with Crippen LogP contribution in [0.2, 0.25) is 0 Å². The second kappa shape index (κ2) is 7.64. The first kappa shape index (κ1) is 15.3. The van der Waals surface area contributed by atoms with Gasteiger partial charge in [0.25, 0.3) is 0 Å². The minimum absolute atomic E-state index is 0.465. The average Bonchev–Trinajstić information content (AvgIpc) is 2.39. The zero-order valence-corrected chi connectivity index (χ0v) is 13.0. The van der Waals surface area contributed by atoms with Crippen molar-refractivity contribution in [1.29, 1.82) is 0 Å². The van der Waals surface area contributed by atoms with Crippen LogP contribution in [0, 0.1) is 5.92 Å². The van der Waals surface area contributed by atoms with Gasteiger partial charge in [0.15, 0.2) is 0 Å². The predicted octanol–water partition coefficient (Wildman–Crippen LogP) is 3.89. The van der Waals surface area contributed by atoms with E-state index in [0.717, 1.165) is 22.7 Å². The molecule has 0 amide bonds. The highest BCUT2D eigenvalue weighted by atomic mass is 32.2. The Morgan fingerprint density at radius 3 is 2.56 bits per heavy atom. The summed E-state index contributed by atoms with van der Waals surface area (Å²) >= 11 is 6.84. The summed E-state index contributed by atoms with van der Waals surface area (Å²) in [7, 11) is 0. The van der Waals surface area contributed by atoms with Gasteiger partial charge >= 0.3 is 0 Å². The second-order valence-electron chi connectivity index (χ2n) is 4.31. The molecule has 18 heavy (non-hydrogen) atoms. The van der Waals surface area contributed by atoms with Crippen molar-refractivity contribution < 1.29 is 0 Å². The Morgan fingerprint density at radius 1 is 1.39 bits per heavy atom. The Bertz CT molecular complexity index is 401. The van der Waals surface area contributed by atoms with Crippen molar-refractivity contribution in [2.45, 2.75) is 31.6 Å². The SMILES string of the molecule is CCC(CC)CNc1cccc(SC)c1C(N)=S. The van der Waals surface area contributed by atoms with Crippen LogP contribution >= 0.6 is 24.0 Å². The molecule has 0 unspecified atom stereocenters. The number of benzene rings is 1. The fraction of sp³-hybridized carbons (Fsp3) is 0.500. The van der Waals surface area contributed by atoms with Gasteiger partial charge in [-0.25, -0.2) is 0 Å². The molecule has 0 atom stereocenters. The summed E-state index contributed by atoms with van der Waals surface area (Å²) in [5, 5.41) is 3.49. The van der Waals surface area contributed by atoms with Crippen molar-refractivity contribution in [1.82, 2.24) is 0 Å². The van der Waals surface area contributed by atoms with E-state index in [1.807, 2.05) is 12.3 Å². The Labute approximate surface area is 120 Å². The molecule has 0 fully saturated rings. The molecule has 0 heterocycles. The average molecular weight is 282 g/mol. The first-order valence-electron chi connectivity index (χ1n) is 6.34. The molecule has 1 aromatic rings. The van der Waals surface area contributed by atoms with Crippen LogP contribution in [-0.2, 0) is 0 Å². The molecule has 0 aliphatic heterocycles. The van der Waals surface area contributed by atoms with Crippen molar-refractivity contribution in [3.05, 3.63) is 23.8 Å². The third-order valence-corrected chi connectivity index (χ3v) is 4.21. The van der Waals surface area contributed by atoms with Crippen LogP contribution in [0.15, 0.2) is 23.1 Å². The van der Waals surface area contributed by atoms with Gasteiger partial charge in [0.05, 0.1) is 0 Å². The first-order valence-corrected chi connectivity index (χ1v) is 7.97. The lowest BCUT2D eigenvalue weighted by molar-refractivity contribution is 0.519. The summed E-state index contributed by atoms with van der Waals surface area (Å²) in [5.41, 5.74) is 7.87. The zero-order valence-electron chi connectivity index (χ0n) is 11.3. The van der Waals surface area contributed by atoms with E-state index in [4.69, 9.17) is 18.0 Å². The maximum absolute atomic E-state index is 5.84. The van der Waals surface area contributed by atoms with Crippen molar-refractivity contribution in [3.8, 4) is 0 Å². The summed E-state index contributed by atoms with van der Waals surface area (Å²) in [4.78, 5) is 1.60. The van der Waals surface area contributed by atoms with E-state index in [9.17, 15) is 0 Å². The second-order valence-corrected chi connectivity index (χ2v) is 5.60. The number of hydrogen-bond donors (Lipinski definition) is 2. The minimum atomic E-state index is 0.465. The summed E-state index contributed by atoms with van der Waals surface area (Å²) in [6.07, 6.45) is 4.42. The molecule has 3 N–H and O–H groups in total. The molecule has 1 rings (SSSR count). The number of thiocarbonyl (C=S) groups is 1. The number of rotatable bonds is 7. The first-order chi connectivity index (χ1) is 8.63. The highest BCUT2D eigenvalue weighted by Gasteiger charge is 2.11. The fourth-order valence-corrected chi connectivity index (χ4v) is 2.86. The van der Waals surface area contributed by atoms with Crippen molar-refractivity contribution in [3.63, 3.8) is 0 Å². The van der Waals surface area contributed by atoms with Crippen LogP contribution in [0.5, 0.6) is 0 Å². The number of anilines is 1. The van der Waals surface area contributed by atoms with Gasteiger partial charge in [-0.3, -0.25) is 0 Å². The van der Waals surface area contributed by atoms with Gasteiger partial charge < -0.3 is 11.1 Å². The third kappa shape index (κ3) is 3.89. The molecule has 0 saturated carbocycles. The normalized spacial score (nSPS) is 10.7. The van der Waals surface area contributed by atoms with Gasteiger partial charge in [0.2, 0.25) is 0 Å². The molecular weight excluding hydrogens is 260 g/mol. The smallest absolute Gasteiger partial charge is 0.107 e. The van der Waals surface area contributed by atoms with Gasteiger partial charge in [-0.1, -0.05) is 45.0 Å². The van der Waals surface area contributed by atoms with Crippen LogP contribution in [-0.4, -0.2) is 17.8 Å². The number of hydrogen-bond acceptors (Lipinski definition) is 3. The fourth-order valence-electron chi connectivity index (χ4n) is 1.93. The molecule has 0 aromatic heterocycles. The molecule has 0 radical (unpaired) electrons. The summed E-state index contributed by atoms with van der Waals surface area (Å²) in [6.45, 7) is 5.42. The maximum atomic E-state index is 5.84. The maximum Gasteiger partial charge on any atom is 0.107 e. The lowest BCUT2D eigenvalue weighted by Gasteiger charge is -2.18. The predicted molar refractivity (Wildman–Crippen MR) is 86.7 cm³/mol. The van der Waals surface area contributed by atoms with Crippen LogP contribution < -0.4 is 11.1 Å². The quantitative estimate of drug-likeness (QED) is 0.588. The van der Waals surface area contributed by atoms with Crippen LogP contribution in [0.3, 0.4) is 0 Å². The minimum Gasteiger partial charge on any atom is -0.389 e. The van der Waals surface area contributed by atoms with Crippen LogP contribution in [0.1, 0.15) is 32.3 Å². The van der Waals surface area contributed by atoms with E-state index < -0.39 is 0 Å². The molecule has 0 saturated heterocycles. The molecular formula is C14H22N2S2. The molecule has 0 bridgehead atoms. The molecule has 2 nitrogen and oxygen atoms in total. The monoisotopic (exact) mass is 282 g/mol. The number of nitrogens with two attached hydrogens (primary N) is 1. The summed E-state index contributed by atoms with van der Waals surface area (Å²) in [6, 6.07) is 6.15.